The molecule has 2 aromatic carbocycles. The van der Waals surface area contributed by atoms with Crippen LogP contribution in [0.4, 0.5) is 5.69 Å². The number of hydrazone groups is 1. The van der Waals surface area contributed by atoms with E-state index in [4.69, 9.17) is 34.8 Å². The Morgan fingerprint density at radius 1 is 0.963 bits per heavy atom. The fraction of sp³-hybridized carbons (Fsp3) is 0.211. The van der Waals surface area contributed by atoms with Crippen LogP contribution in [0.1, 0.15) is 30.4 Å². The van der Waals surface area contributed by atoms with Gasteiger partial charge in [0.1, 0.15) is 0 Å². The van der Waals surface area contributed by atoms with Crippen LogP contribution >= 0.6 is 34.8 Å². The zero-order chi connectivity index (χ0) is 19.8. The molecule has 8 heteroatoms. The predicted molar refractivity (Wildman–Crippen MR) is 111 cm³/mol. The summed E-state index contributed by atoms with van der Waals surface area (Å²) in [7, 11) is 0. The lowest BCUT2D eigenvalue weighted by Gasteiger charge is -2.09. The van der Waals surface area contributed by atoms with Gasteiger partial charge in [0, 0.05) is 29.1 Å². The first-order valence-electron chi connectivity index (χ1n) is 8.19. The summed E-state index contributed by atoms with van der Waals surface area (Å²) in [6, 6.07) is 10.4. The summed E-state index contributed by atoms with van der Waals surface area (Å²) in [5.74, 6) is -0.485. The number of carbonyl (C=O) groups excluding carboxylic acids is 2. The summed E-state index contributed by atoms with van der Waals surface area (Å²) in [5, 5.41) is 8.09. The molecule has 27 heavy (non-hydrogen) atoms. The van der Waals surface area contributed by atoms with Gasteiger partial charge in [-0.2, -0.15) is 5.10 Å². The van der Waals surface area contributed by atoms with Crippen LogP contribution in [0.3, 0.4) is 0 Å². The molecule has 0 saturated carbocycles. The number of anilines is 1. The monoisotopic (exact) mass is 425 g/mol. The zero-order valence-electron chi connectivity index (χ0n) is 14.6. The second kappa shape index (κ2) is 10.3. The predicted octanol–water partition coefficient (Wildman–Crippen LogP) is 5.21. The molecule has 2 amide bonds. The molecule has 0 unspecified atom stereocenters. The fourth-order valence-electron chi connectivity index (χ4n) is 2.22. The van der Waals surface area contributed by atoms with E-state index in [9.17, 15) is 9.59 Å². The van der Waals surface area contributed by atoms with E-state index in [1.165, 1.54) is 6.21 Å². The quantitative estimate of drug-likeness (QED) is 0.471. The molecule has 0 aliphatic heterocycles. The highest BCUT2D eigenvalue weighted by Crippen LogP contribution is 2.23. The average Bonchev–Trinajstić information content (AvgIpc) is 2.61. The third-order valence-corrected chi connectivity index (χ3v) is 4.80. The van der Waals surface area contributed by atoms with Crippen molar-refractivity contribution in [3.8, 4) is 0 Å². The van der Waals surface area contributed by atoms with E-state index >= 15 is 0 Å². The van der Waals surface area contributed by atoms with Crippen LogP contribution in [-0.2, 0) is 9.59 Å². The van der Waals surface area contributed by atoms with Crippen molar-refractivity contribution in [2.24, 2.45) is 5.10 Å². The molecule has 0 aromatic heterocycles. The molecule has 0 aliphatic rings. The minimum atomic E-state index is -0.304. The van der Waals surface area contributed by atoms with Gasteiger partial charge in [-0.05, 0) is 43.2 Å². The van der Waals surface area contributed by atoms with Gasteiger partial charge >= 0.3 is 0 Å². The molecule has 0 fully saturated rings. The molecular weight excluding hydrogens is 409 g/mol. The number of benzene rings is 2. The van der Waals surface area contributed by atoms with Gasteiger partial charge in [0.05, 0.1) is 16.3 Å². The third kappa shape index (κ3) is 6.54. The first-order valence-corrected chi connectivity index (χ1v) is 9.32. The number of amides is 2. The van der Waals surface area contributed by atoms with Crippen LogP contribution in [0, 0.1) is 6.92 Å². The molecule has 0 aliphatic carbocycles. The van der Waals surface area contributed by atoms with Gasteiger partial charge in [-0.1, -0.05) is 46.9 Å². The Morgan fingerprint density at radius 3 is 2.26 bits per heavy atom. The number of nitrogens with zero attached hydrogens (tertiary/aromatic N) is 1. The molecule has 0 spiro atoms. The highest BCUT2D eigenvalue weighted by Gasteiger charge is 2.08. The number of hydrogen-bond acceptors (Lipinski definition) is 3. The second-order valence-electron chi connectivity index (χ2n) is 5.74. The minimum absolute atomic E-state index is 0.162. The number of rotatable bonds is 7. The van der Waals surface area contributed by atoms with E-state index in [0.29, 0.717) is 32.7 Å². The number of nitrogens with one attached hydrogen (secondary N) is 2. The first kappa shape index (κ1) is 21.2. The van der Waals surface area contributed by atoms with Crippen molar-refractivity contribution in [2.75, 3.05) is 5.32 Å². The summed E-state index contributed by atoms with van der Waals surface area (Å²) in [5.41, 5.74) is 4.38. The lowest BCUT2D eigenvalue weighted by Crippen LogP contribution is -2.18. The van der Waals surface area contributed by atoms with Crippen molar-refractivity contribution in [3.63, 3.8) is 0 Å². The zero-order valence-corrected chi connectivity index (χ0v) is 16.8. The maximum atomic E-state index is 12.0. The van der Waals surface area contributed by atoms with Crippen molar-refractivity contribution in [1.29, 1.82) is 0 Å². The molecule has 0 saturated heterocycles. The van der Waals surface area contributed by atoms with Gasteiger partial charge in [0.2, 0.25) is 11.8 Å². The number of hydrogen-bond donors (Lipinski definition) is 2. The van der Waals surface area contributed by atoms with Crippen LogP contribution < -0.4 is 10.7 Å². The van der Waals surface area contributed by atoms with Crippen molar-refractivity contribution >= 4 is 58.5 Å². The van der Waals surface area contributed by atoms with Crippen LogP contribution in [0.2, 0.25) is 15.1 Å². The van der Waals surface area contributed by atoms with Gasteiger partial charge in [-0.25, -0.2) is 5.43 Å². The molecule has 2 N–H and O–H groups in total. The fourth-order valence-corrected chi connectivity index (χ4v) is 2.89. The van der Waals surface area contributed by atoms with Gasteiger partial charge in [-0.15, -0.1) is 0 Å². The lowest BCUT2D eigenvalue weighted by molar-refractivity contribution is -0.121. The Kier molecular flexibility index (Phi) is 8.10. The SMILES string of the molecule is Cc1c(Cl)cccc1NC(=O)CCCC(=O)N/N=C\c1c(Cl)cccc1Cl. The Hall–Kier alpha value is -2.08. The van der Waals surface area contributed by atoms with E-state index in [-0.39, 0.29) is 24.7 Å². The average molecular weight is 427 g/mol. The van der Waals surface area contributed by atoms with Crippen molar-refractivity contribution < 1.29 is 9.59 Å². The molecule has 5 nitrogen and oxygen atoms in total. The normalized spacial score (nSPS) is 10.8. The van der Waals surface area contributed by atoms with Crippen molar-refractivity contribution in [1.82, 2.24) is 5.43 Å². The van der Waals surface area contributed by atoms with Crippen LogP contribution in [-0.4, -0.2) is 18.0 Å². The van der Waals surface area contributed by atoms with Gasteiger partial charge in [0.25, 0.3) is 0 Å². The van der Waals surface area contributed by atoms with E-state index < -0.39 is 0 Å². The molecule has 0 heterocycles. The molecule has 2 rings (SSSR count). The van der Waals surface area contributed by atoms with Gasteiger partial charge in [0.15, 0.2) is 0 Å². The van der Waals surface area contributed by atoms with Crippen LogP contribution in [0.5, 0.6) is 0 Å². The van der Waals surface area contributed by atoms with E-state index in [1.807, 2.05) is 6.92 Å². The van der Waals surface area contributed by atoms with Crippen LogP contribution in [0.25, 0.3) is 0 Å². The van der Waals surface area contributed by atoms with E-state index in [2.05, 4.69) is 15.8 Å². The van der Waals surface area contributed by atoms with E-state index in [0.717, 1.165) is 5.56 Å². The van der Waals surface area contributed by atoms with E-state index in [1.54, 1.807) is 36.4 Å². The summed E-state index contributed by atoms with van der Waals surface area (Å²) < 4.78 is 0. The lowest BCUT2D eigenvalue weighted by atomic mass is 10.2. The minimum Gasteiger partial charge on any atom is -0.326 e. The molecular formula is C19H18Cl3N3O2. The maximum absolute atomic E-state index is 12.0. The van der Waals surface area contributed by atoms with Crippen molar-refractivity contribution in [2.45, 2.75) is 26.2 Å². The summed E-state index contributed by atoms with van der Waals surface area (Å²) in [4.78, 5) is 23.8. The summed E-state index contributed by atoms with van der Waals surface area (Å²) in [6.07, 6.45) is 2.14. The molecule has 0 atom stereocenters. The molecule has 2 aromatic rings. The number of carbonyl (C=O) groups is 2. The second-order valence-corrected chi connectivity index (χ2v) is 6.96. The topological polar surface area (TPSA) is 70.6 Å². The molecule has 0 radical (unpaired) electrons. The highest BCUT2D eigenvalue weighted by molar-refractivity contribution is 6.38. The Labute approximate surface area is 172 Å². The highest BCUT2D eigenvalue weighted by atomic mass is 35.5. The summed E-state index contributed by atoms with van der Waals surface area (Å²) >= 11 is 18.0. The van der Waals surface area contributed by atoms with Gasteiger partial charge in [-0.3, -0.25) is 9.59 Å². The smallest absolute Gasteiger partial charge is 0.240 e. The summed E-state index contributed by atoms with van der Waals surface area (Å²) in [6.45, 7) is 1.83. The standard InChI is InChI=1S/C19H18Cl3N3O2/c1-12-14(20)5-3-8-17(12)24-18(26)9-4-10-19(27)25-23-11-13-15(21)6-2-7-16(13)22/h2-3,5-8,11H,4,9-10H2,1H3,(H,24,26)(H,25,27)/b23-11-. The van der Waals surface area contributed by atoms with Crippen molar-refractivity contribution in [3.05, 3.63) is 62.6 Å². The Bertz CT molecular complexity index is 849. The molecule has 142 valence electrons. The van der Waals surface area contributed by atoms with Gasteiger partial charge < -0.3 is 5.32 Å². The maximum Gasteiger partial charge on any atom is 0.240 e. The Balaban J connectivity index is 1.75. The largest absolute Gasteiger partial charge is 0.326 e. The van der Waals surface area contributed by atoms with Crippen LogP contribution in [0.15, 0.2) is 41.5 Å². The third-order valence-electron chi connectivity index (χ3n) is 3.73. The molecule has 0 bridgehead atoms. The Morgan fingerprint density at radius 2 is 1.56 bits per heavy atom. The first-order chi connectivity index (χ1) is 12.9. The number of halogens is 3.